The van der Waals surface area contributed by atoms with E-state index in [0.29, 0.717) is 5.04 Å². The second kappa shape index (κ2) is 3.33. The van der Waals surface area contributed by atoms with Crippen molar-refractivity contribution in [1.29, 1.82) is 0 Å². The third-order valence-corrected chi connectivity index (χ3v) is 8.33. The van der Waals surface area contributed by atoms with E-state index in [9.17, 15) is 0 Å². The maximum atomic E-state index is 2.48. The maximum Gasteiger partial charge on any atom is 0.0605 e. The Balaban J connectivity index is 2.76. The zero-order valence-electron chi connectivity index (χ0n) is 11.3. The Hall–Kier alpha value is -0.823. The molecule has 0 aromatic heterocycles. The van der Waals surface area contributed by atoms with Gasteiger partial charge in [-0.25, -0.2) is 0 Å². The zero-order chi connectivity index (χ0) is 12.1. The molecule has 1 aliphatic carbocycles. The highest BCUT2D eigenvalue weighted by Crippen LogP contribution is 2.50. The summed E-state index contributed by atoms with van der Waals surface area (Å²) >= 11 is 0. The average Bonchev–Trinajstić information content (AvgIpc) is 2.42. The first-order valence-electron chi connectivity index (χ1n) is 6.08. The predicted molar refractivity (Wildman–Crippen MR) is 75.4 cm³/mol. The molecule has 0 saturated carbocycles. The standard InChI is InChI=1S/C15H22Si/c1-11-12(2)15(3,16(4,5)6)14-10-8-7-9-13(11)14/h7-10H,1-6H3. The first-order chi connectivity index (χ1) is 7.30. The average molecular weight is 230 g/mol. The number of hydrogen-bond acceptors (Lipinski definition) is 0. The van der Waals surface area contributed by atoms with Gasteiger partial charge >= 0.3 is 0 Å². The fourth-order valence-corrected chi connectivity index (χ4v) is 5.33. The maximum absolute atomic E-state index is 2.48. The summed E-state index contributed by atoms with van der Waals surface area (Å²) in [6, 6.07) is 8.95. The molecule has 0 bridgehead atoms. The van der Waals surface area contributed by atoms with E-state index in [2.05, 4.69) is 64.7 Å². The summed E-state index contributed by atoms with van der Waals surface area (Å²) in [4.78, 5) is 0. The lowest BCUT2D eigenvalue weighted by atomic mass is 9.97. The lowest BCUT2D eigenvalue weighted by molar-refractivity contribution is 0.772. The molecule has 0 radical (unpaired) electrons. The van der Waals surface area contributed by atoms with E-state index in [4.69, 9.17) is 0 Å². The second-order valence-corrected chi connectivity index (χ2v) is 11.7. The Morgan fingerprint density at radius 2 is 1.56 bits per heavy atom. The van der Waals surface area contributed by atoms with Crippen LogP contribution in [0.1, 0.15) is 31.9 Å². The van der Waals surface area contributed by atoms with E-state index in [-0.39, 0.29) is 0 Å². The molecule has 0 nitrogen and oxygen atoms in total. The molecule has 1 atom stereocenters. The van der Waals surface area contributed by atoms with Crippen LogP contribution in [0.2, 0.25) is 19.6 Å². The fraction of sp³-hybridized carbons (Fsp3) is 0.467. The van der Waals surface area contributed by atoms with Crippen LogP contribution in [0.15, 0.2) is 29.8 Å². The van der Waals surface area contributed by atoms with Crippen molar-refractivity contribution >= 4 is 13.6 Å². The van der Waals surface area contributed by atoms with Crippen LogP contribution in [-0.2, 0) is 5.04 Å². The summed E-state index contributed by atoms with van der Waals surface area (Å²) in [5, 5.41) is 0.313. The lowest BCUT2D eigenvalue weighted by Gasteiger charge is -2.40. The number of hydrogen-bond donors (Lipinski definition) is 0. The van der Waals surface area contributed by atoms with Gasteiger partial charge in [-0.15, -0.1) is 0 Å². The quantitative estimate of drug-likeness (QED) is 0.617. The van der Waals surface area contributed by atoms with Crippen LogP contribution < -0.4 is 0 Å². The Kier molecular flexibility index (Phi) is 2.43. The molecule has 1 heteroatoms. The molecule has 0 amide bonds. The van der Waals surface area contributed by atoms with Gasteiger partial charge in [-0.3, -0.25) is 0 Å². The second-order valence-electron chi connectivity index (χ2n) is 6.17. The SMILES string of the molecule is CC1=C(C)C(C)([Si](C)(C)C)c2ccccc21. The molecule has 86 valence electrons. The van der Waals surface area contributed by atoms with E-state index < -0.39 is 8.07 Å². The smallest absolute Gasteiger partial charge is 0.0605 e. The van der Waals surface area contributed by atoms with Gasteiger partial charge in [-0.1, -0.05) is 56.4 Å². The predicted octanol–water partition coefficient (Wildman–Crippen LogP) is 4.63. The third-order valence-electron chi connectivity index (χ3n) is 4.68. The van der Waals surface area contributed by atoms with Crippen molar-refractivity contribution in [3.8, 4) is 0 Å². The van der Waals surface area contributed by atoms with E-state index in [1.165, 1.54) is 11.1 Å². The van der Waals surface area contributed by atoms with Crippen LogP contribution >= 0.6 is 0 Å². The summed E-state index contributed by atoms with van der Waals surface area (Å²) in [5.74, 6) is 0. The number of rotatable bonds is 1. The number of benzene rings is 1. The van der Waals surface area contributed by atoms with Gasteiger partial charge in [0.15, 0.2) is 0 Å². The van der Waals surface area contributed by atoms with Crippen molar-refractivity contribution in [3.05, 3.63) is 41.0 Å². The first-order valence-corrected chi connectivity index (χ1v) is 9.58. The number of allylic oxidation sites excluding steroid dienone is 2. The van der Waals surface area contributed by atoms with Crippen molar-refractivity contribution in [2.24, 2.45) is 0 Å². The minimum atomic E-state index is -1.26. The van der Waals surface area contributed by atoms with Crippen LogP contribution in [0.4, 0.5) is 0 Å². The highest BCUT2D eigenvalue weighted by Gasteiger charge is 2.46. The van der Waals surface area contributed by atoms with Crippen LogP contribution in [0.25, 0.3) is 5.57 Å². The van der Waals surface area contributed by atoms with Crippen molar-refractivity contribution in [2.75, 3.05) is 0 Å². The Bertz CT molecular complexity index is 463. The van der Waals surface area contributed by atoms with Gasteiger partial charge in [0.2, 0.25) is 0 Å². The molecule has 0 heterocycles. The molecule has 0 fully saturated rings. The Morgan fingerprint density at radius 1 is 1.00 bits per heavy atom. The zero-order valence-corrected chi connectivity index (χ0v) is 12.3. The van der Waals surface area contributed by atoms with E-state index in [0.717, 1.165) is 0 Å². The Labute approximate surface area is 100 Å². The summed E-state index contributed by atoms with van der Waals surface area (Å²) < 4.78 is 0. The van der Waals surface area contributed by atoms with Crippen LogP contribution in [-0.4, -0.2) is 8.07 Å². The minimum Gasteiger partial charge on any atom is -0.0686 e. The molecule has 1 unspecified atom stereocenters. The van der Waals surface area contributed by atoms with Gasteiger partial charge in [0.1, 0.15) is 0 Å². The molecule has 0 saturated heterocycles. The molecule has 1 aliphatic rings. The fourth-order valence-electron chi connectivity index (χ4n) is 2.99. The van der Waals surface area contributed by atoms with Crippen molar-refractivity contribution in [3.63, 3.8) is 0 Å². The number of fused-ring (bicyclic) bond motifs is 1. The molecule has 0 spiro atoms. The van der Waals surface area contributed by atoms with E-state index in [1.807, 2.05) is 0 Å². The van der Waals surface area contributed by atoms with Crippen molar-refractivity contribution in [1.82, 2.24) is 0 Å². The van der Waals surface area contributed by atoms with Crippen LogP contribution in [0.3, 0.4) is 0 Å². The van der Waals surface area contributed by atoms with Gasteiger partial charge in [0.25, 0.3) is 0 Å². The molecule has 0 N–H and O–H groups in total. The van der Waals surface area contributed by atoms with Gasteiger partial charge in [-0.2, -0.15) is 0 Å². The highest BCUT2D eigenvalue weighted by atomic mass is 28.3. The van der Waals surface area contributed by atoms with Gasteiger partial charge < -0.3 is 0 Å². The van der Waals surface area contributed by atoms with Gasteiger partial charge in [-0.05, 0) is 30.5 Å². The largest absolute Gasteiger partial charge is 0.0686 e. The molecule has 2 rings (SSSR count). The topological polar surface area (TPSA) is 0 Å². The molecule has 0 aliphatic heterocycles. The van der Waals surface area contributed by atoms with Crippen LogP contribution in [0, 0.1) is 0 Å². The lowest BCUT2D eigenvalue weighted by Crippen LogP contribution is -2.47. The summed E-state index contributed by atoms with van der Waals surface area (Å²) in [7, 11) is -1.26. The summed E-state index contributed by atoms with van der Waals surface area (Å²) in [6.45, 7) is 14.5. The summed E-state index contributed by atoms with van der Waals surface area (Å²) in [6.07, 6.45) is 0. The first kappa shape index (κ1) is 11.7. The third kappa shape index (κ3) is 1.27. The van der Waals surface area contributed by atoms with E-state index >= 15 is 0 Å². The Morgan fingerprint density at radius 3 is 2.12 bits per heavy atom. The van der Waals surface area contributed by atoms with Crippen molar-refractivity contribution in [2.45, 2.75) is 45.5 Å². The van der Waals surface area contributed by atoms with Crippen molar-refractivity contribution < 1.29 is 0 Å². The van der Waals surface area contributed by atoms with Gasteiger partial charge in [0, 0.05) is 5.04 Å². The summed E-state index contributed by atoms with van der Waals surface area (Å²) in [5.41, 5.74) is 6.13. The van der Waals surface area contributed by atoms with E-state index in [1.54, 1.807) is 11.1 Å². The van der Waals surface area contributed by atoms with Crippen LogP contribution in [0.5, 0.6) is 0 Å². The molecular formula is C15H22Si. The minimum absolute atomic E-state index is 0.313. The monoisotopic (exact) mass is 230 g/mol. The highest BCUT2D eigenvalue weighted by molar-refractivity contribution is 6.80. The normalized spacial score (nSPS) is 24.9. The molecule has 1 aromatic rings. The van der Waals surface area contributed by atoms with Gasteiger partial charge in [0.05, 0.1) is 8.07 Å². The molecule has 16 heavy (non-hydrogen) atoms. The molecular weight excluding hydrogens is 208 g/mol. The molecule has 1 aromatic carbocycles.